The summed E-state index contributed by atoms with van der Waals surface area (Å²) in [7, 11) is 0. The normalized spacial score (nSPS) is 10.7. The Labute approximate surface area is 118 Å². The van der Waals surface area contributed by atoms with E-state index in [4.69, 9.17) is 5.73 Å². The molecule has 0 saturated carbocycles. The van der Waals surface area contributed by atoms with E-state index in [2.05, 4.69) is 10.1 Å². The van der Waals surface area contributed by atoms with Gasteiger partial charge in [-0.3, -0.25) is 4.98 Å². The Balaban J connectivity index is 2.28. The fourth-order valence-electron chi connectivity index (χ4n) is 2.16. The Kier molecular flexibility index (Phi) is 2.87. The molecule has 7 heteroatoms. The number of nitrogens with two attached hydrogens (primary N) is 1. The van der Waals surface area contributed by atoms with E-state index in [1.54, 1.807) is 36.7 Å². The third kappa shape index (κ3) is 2.10. The molecule has 0 bridgehead atoms. The van der Waals surface area contributed by atoms with Crippen LogP contribution in [0.3, 0.4) is 0 Å². The smallest absolute Gasteiger partial charge is 0.357 e. The molecule has 0 saturated heterocycles. The Bertz CT molecular complexity index is 855. The quantitative estimate of drug-likeness (QED) is 0.743. The van der Waals surface area contributed by atoms with Crippen LogP contribution >= 0.6 is 0 Å². The van der Waals surface area contributed by atoms with E-state index >= 15 is 0 Å². The Morgan fingerprint density at radius 3 is 2.62 bits per heavy atom. The van der Waals surface area contributed by atoms with E-state index in [1.165, 1.54) is 0 Å². The van der Waals surface area contributed by atoms with Gasteiger partial charge in [0, 0.05) is 23.3 Å². The standard InChI is InChI=1S/C14H10N4O3/c15-14(21)18-11-4-3-8(9-2-1-5-16-7-9)6-10(11)12(17-18)13(19)20/h1-7H,(H2,15,21)(H,19,20). The number of carboxylic acid groups (broad SMARTS) is 1. The number of carboxylic acids is 1. The fraction of sp³-hybridized carbons (Fsp3) is 0. The maximum absolute atomic E-state index is 11.3. The van der Waals surface area contributed by atoms with Crippen LogP contribution in [0.2, 0.25) is 0 Å². The first-order chi connectivity index (χ1) is 10.1. The summed E-state index contributed by atoms with van der Waals surface area (Å²) in [6.07, 6.45) is 3.32. The maximum Gasteiger partial charge on any atom is 0.357 e. The number of fused-ring (bicyclic) bond motifs is 1. The van der Waals surface area contributed by atoms with E-state index < -0.39 is 12.0 Å². The number of primary amides is 1. The molecule has 0 unspecified atom stereocenters. The van der Waals surface area contributed by atoms with Gasteiger partial charge in [0.2, 0.25) is 0 Å². The predicted octanol–water partition coefficient (Wildman–Crippen LogP) is 1.72. The van der Waals surface area contributed by atoms with Crippen LogP contribution < -0.4 is 5.73 Å². The number of rotatable bonds is 2. The second kappa shape index (κ2) is 4.71. The molecule has 0 spiro atoms. The third-order valence-corrected chi connectivity index (χ3v) is 3.09. The predicted molar refractivity (Wildman–Crippen MR) is 74.9 cm³/mol. The van der Waals surface area contributed by atoms with Gasteiger partial charge >= 0.3 is 12.0 Å². The summed E-state index contributed by atoms with van der Waals surface area (Å²) >= 11 is 0. The first kappa shape index (κ1) is 12.8. The van der Waals surface area contributed by atoms with Gasteiger partial charge in [-0.25, -0.2) is 9.59 Å². The molecule has 3 aromatic rings. The summed E-state index contributed by atoms with van der Waals surface area (Å²) in [5, 5.41) is 13.3. The first-order valence-electron chi connectivity index (χ1n) is 6.04. The minimum atomic E-state index is -1.22. The summed E-state index contributed by atoms with van der Waals surface area (Å²) in [4.78, 5) is 26.6. The summed E-state index contributed by atoms with van der Waals surface area (Å²) in [5.74, 6) is -1.22. The average Bonchev–Trinajstić information content (AvgIpc) is 2.87. The van der Waals surface area contributed by atoms with E-state index in [9.17, 15) is 14.7 Å². The Morgan fingerprint density at radius 1 is 1.19 bits per heavy atom. The molecule has 1 aromatic carbocycles. The lowest BCUT2D eigenvalue weighted by molar-refractivity contribution is 0.0692. The van der Waals surface area contributed by atoms with Crippen molar-refractivity contribution in [3.05, 3.63) is 48.4 Å². The second-order valence-electron chi connectivity index (χ2n) is 4.38. The summed E-state index contributed by atoms with van der Waals surface area (Å²) < 4.78 is 0.881. The minimum absolute atomic E-state index is 0.213. The molecule has 0 atom stereocenters. The van der Waals surface area contributed by atoms with Crippen molar-refractivity contribution in [3.8, 4) is 11.1 Å². The lowest BCUT2D eigenvalue weighted by atomic mass is 10.0. The van der Waals surface area contributed by atoms with E-state index in [0.717, 1.165) is 15.8 Å². The minimum Gasteiger partial charge on any atom is -0.476 e. The summed E-state index contributed by atoms with van der Waals surface area (Å²) in [5.41, 5.74) is 6.96. The molecule has 7 nitrogen and oxygen atoms in total. The molecule has 2 heterocycles. The Hall–Kier alpha value is -3.22. The van der Waals surface area contributed by atoms with E-state index in [0.29, 0.717) is 10.9 Å². The second-order valence-corrected chi connectivity index (χ2v) is 4.38. The van der Waals surface area contributed by atoms with Gasteiger partial charge in [-0.15, -0.1) is 0 Å². The zero-order chi connectivity index (χ0) is 15.0. The Morgan fingerprint density at radius 2 is 2.00 bits per heavy atom. The van der Waals surface area contributed by atoms with Crippen LogP contribution in [0, 0.1) is 0 Å². The van der Waals surface area contributed by atoms with Crippen LogP contribution in [-0.4, -0.2) is 31.9 Å². The molecular weight excluding hydrogens is 272 g/mol. The highest BCUT2D eigenvalue weighted by Gasteiger charge is 2.19. The van der Waals surface area contributed by atoms with E-state index in [-0.39, 0.29) is 5.69 Å². The van der Waals surface area contributed by atoms with Crippen molar-refractivity contribution in [2.24, 2.45) is 5.73 Å². The molecule has 3 rings (SSSR count). The SMILES string of the molecule is NC(=O)n1nc(C(=O)O)c2cc(-c3cccnc3)ccc21. The van der Waals surface area contributed by atoms with Crippen LogP contribution in [0.1, 0.15) is 10.5 Å². The number of nitrogens with zero attached hydrogens (tertiary/aromatic N) is 3. The maximum atomic E-state index is 11.3. The van der Waals surface area contributed by atoms with E-state index in [1.807, 2.05) is 6.07 Å². The molecule has 0 aliphatic rings. The van der Waals surface area contributed by atoms with Crippen molar-refractivity contribution in [1.82, 2.24) is 14.8 Å². The number of pyridine rings is 1. The lowest BCUT2D eigenvalue weighted by Gasteiger charge is -2.02. The lowest BCUT2D eigenvalue weighted by Crippen LogP contribution is -2.21. The highest BCUT2D eigenvalue weighted by atomic mass is 16.4. The van der Waals surface area contributed by atoms with Crippen LogP contribution in [0.4, 0.5) is 4.79 Å². The van der Waals surface area contributed by atoms with Gasteiger partial charge in [0.15, 0.2) is 5.69 Å². The van der Waals surface area contributed by atoms with Gasteiger partial charge < -0.3 is 10.8 Å². The molecule has 0 aliphatic heterocycles. The van der Waals surface area contributed by atoms with Crippen LogP contribution in [0.25, 0.3) is 22.0 Å². The van der Waals surface area contributed by atoms with Crippen molar-refractivity contribution in [2.45, 2.75) is 0 Å². The molecule has 104 valence electrons. The molecular formula is C14H10N4O3. The number of aromatic carboxylic acids is 1. The van der Waals surface area contributed by atoms with Crippen molar-refractivity contribution in [1.29, 1.82) is 0 Å². The highest BCUT2D eigenvalue weighted by molar-refractivity contribution is 6.04. The topological polar surface area (TPSA) is 111 Å². The first-order valence-corrected chi connectivity index (χ1v) is 6.04. The van der Waals surface area contributed by atoms with Gasteiger partial charge in [-0.05, 0) is 23.8 Å². The number of benzene rings is 1. The van der Waals surface area contributed by atoms with Gasteiger partial charge in [-0.2, -0.15) is 9.78 Å². The number of hydrogen-bond acceptors (Lipinski definition) is 4. The number of carbonyl (C=O) groups excluding carboxylic acids is 1. The number of hydrogen-bond donors (Lipinski definition) is 2. The van der Waals surface area contributed by atoms with Crippen LogP contribution in [0.15, 0.2) is 42.7 Å². The molecule has 1 amide bonds. The molecule has 0 radical (unpaired) electrons. The van der Waals surface area contributed by atoms with Crippen molar-refractivity contribution in [3.63, 3.8) is 0 Å². The fourth-order valence-corrected chi connectivity index (χ4v) is 2.16. The summed E-state index contributed by atoms with van der Waals surface area (Å²) in [6.45, 7) is 0. The molecule has 21 heavy (non-hydrogen) atoms. The zero-order valence-corrected chi connectivity index (χ0v) is 10.7. The summed E-state index contributed by atoms with van der Waals surface area (Å²) in [6, 6.07) is 7.83. The van der Waals surface area contributed by atoms with Crippen molar-refractivity contribution >= 4 is 22.9 Å². The van der Waals surface area contributed by atoms with Crippen molar-refractivity contribution < 1.29 is 14.7 Å². The van der Waals surface area contributed by atoms with Gasteiger partial charge in [0.1, 0.15) is 0 Å². The van der Waals surface area contributed by atoms with Gasteiger partial charge in [-0.1, -0.05) is 12.1 Å². The number of aromatic nitrogens is 3. The monoisotopic (exact) mass is 282 g/mol. The van der Waals surface area contributed by atoms with Gasteiger partial charge in [0.05, 0.1) is 5.52 Å². The van der Waals surface area contributed by atoms with Crippen LogP contribution in [0.5, 0.6) is 0 Å². The zero-order valence-electron chi connectivity index (χ0n) is 10.7. The number of amides is 1. The largest absolute Gasteiger partial charge is 0.476 e. The number of carbonyl (C=O) groups is 2. The molecule has 0 fully saturated rings. The highest BCUT2D eigenvalue weighted by Crippen LogP contribution is 2.26. The van der Waals surface area contributed by atoms with Crippen molar-refractivity contribution in [2.75, 3.05) is 0 Å². The van der Waals surface area contributed by atoms with Crippen LogP contribution in [-0.2, 0) is 0 Å². The third-order valence-electron chi connectivity index (χ3n) is 3.09. The molecule has 3 N–H and O–H groups in total. The van der Waals surface area contributed by atoms with Gasteiger partial charge in [0.25, 0.3) is 0 Å². The molecule has 2 aromatic heterocycles. The molecule has 0 aliphatic carbocycles. The average molecular weight is 282 g/mol.